The highest BCUT2D eigenvalue weighted by molar-refractivity contribution is 9.09. The summed E-state index contributed by atoms with van der Waals surface area (Å²) in [5.74, 6) is -0.110. The summed E-state index contributed by atoms with van der Waals surface area (Å²) in [6.07, 6.45) is 0.836. The molecule has 90 valence electrons. The van der Waals surface area contributed by atoms with E-state index in [1.165, 1.54) is 11.3 Å². The predicted molar refractivity (Wildman–Crippen MR) is 68.4 cm³/mol. The molecule has 1 N–H and O–H groups in total. The van der Waals surface area contributed by atoms with Crippen molar-refractivity contribution in [2.45, 2.75) is 18.2 Å². The molecule has 1 heterocycles. The third-order valence-corrected chi connectivity index (χ3v) is 3.44. The van der Waals surface area contributed by atoms with E-state index in [0.717, 1.165) is 11.4 Å². The highest BCUT2D eigenvalue weighted by Gasteiger charge is 2.09. The summed E-state index contributed by atoms with van der Waals surface area (Å²) in [5, 5.41) is 5.50. The monoisotopic (exact) mass is 306 g/mol. The van der Waals surface area contributed by atoms with E-state index < -0.39 is 0 Å². The highest BCUT2D eigenvalue weighted by atomic mass is 79.9. The molecule has 1 atom stereocenters. The lowest BCUT2D eigenvalue weighted by atomic mass is 10.3. The van der Waals surface area contributed by atoms with Crippen LogP contribution in [0.25, 0.3) is 0 Å². The zero-order chi connectivity index (χ0) is 12.0. The Hall–Kier alpha value is -0.460. The van der Waals surface area contributed by atoms with Crippen LogP contribution < -0.4 is 5.32 Å². The molecule has 0 radical (unpaired) electrons. The summed E-state index contributed by atoms with van der Waals surface area (Å²) in [7, 11) is 1.66. The SMILES string of the molecule is COCC(Br)CCNC(=O)c1csc(C)n1. The summed E-state index contributed by atoms with van der Waals surface area (Å²) in [6, 6.07) is 0. The molecule has 0 aliphatic carbocycles. The maximum atomic E-state index is 11.6. The number of thiazole rings is 1. The second kappa shape index (κ2) is 6.98. The Kier molecular flexibility index (Phi) is 5.94. The van der Waals surface area contributed by atoms with E-state index in [-0.39, 0.29) is 10.7 Å². The Labute approximate surface area is 108 Å². The summed E-state index contributed by atoms with van der Waals surface area (Å²) >= 11 is 4.94. The zero-order valence-corrected chi connectivity index (χ0v) is 11.7. The minimum atomic E-state index is -0.110. The lowest BCUT2D eigenvalue weighted by molar-refractivity contribution is 0.0947. The van der Waals surface area contributed by atoms with Crippen molar-refractivity contribution in [3.63, 3.8) is 0 Å². The topological polar surface area (TPSA) is 51.2 Å². The largest absolute Gasteiger partial charge is 0.384 e. The molecule has 1 amide bonds. The van der Waals surface area contributed by atoms with Crippen molar-refractivity contribution >= 4 is 33.2 Å². The minimum absolute atomic E-state index is 0.110. The summed E-state index contributed by atoms with van der Waals surface area (Å²) in [4.78, 5) is 16.0. The molecule has 0 saturated carbocycles. The molecule has 1 unspecified atom stereocenters. The van der Waals surface area contributed by atoms with Crippen LogP contribution >= 0.6 is 27.3 Å². The van der Waals surface area contributed by atoms with E-state index in [4.69, 9.17) is 4.74 Å². The highest BCUT2D eigenvalue weighted by Crippen LogP contribution is 2.08. The molecule has 6 heteroatoms. The summed E-state index contributed by atoms with van der Waals surface area (Å²) in [6.45, 7) is 3.15. The van der Waals surface area contributed by atoms with Crippen molar-refractivity contribution in [1.82, 2.24) is 10.3 Å². The van der Waals surface area contributed by atoms with Crippen molar-refractivity contribution in [2.24, 2.45) is 0 Å². The number of carbonyl (C=O) groups is 1. The minimum Gasteiger partial charge on any atom is -0.384 e. The fourth-order valence-electron chi connectivity index (χ4n) is 1.16. The van der Waals surface area contributed by atoms with E-state index >= 15 is 0 Å². The fraction of sp³-hybridized carbons (Fsp3) is 0.600. The van der Waals surface area contributed by atoms with Crippen LogP contribution in [0, 0.1) is 6.92 Å². The molecule has 4 nitrogen and oxygen atoms in total. The quantitative estimate of drug-likeness (QED) is 0.818. The molecule has 0 aliphatic rings. The lowest BCUT2D eigenvalue weighted by Crippen LogP contribution is -2.27. The first-order chi connectivity index (χ1) is 7.63. The number of halogens is 1. The smallest absolute Gasteiger partial charge is 0.270 e. The standard InChI is InChI=1S/C10H15BrN2O2S/c1-7-13-9(6-16-7)10(14)12-4-3-8(11)5-15-2/h6,8H,3-5H2,1-2H3,(H,12,14). The van der Waals surface area contributed by atoms with Gasteiger partial charge in [0.25, 0.3) is 5.91 Å². The number of rotatable bonds is 6. The third kappa shape index (κ3) is 4.59. The number of ether oxygens (including phenoxy) is 1. The van der Waals surface area contributed by atoms with Crippen molar-refractivity contribution in [3.8, 4) is 0 Å². The van der Waals surface area contributed by atoms with Gasteiger partial charge < -0.3 is 10.1 Å². The number of hydrogen-bond acceptors (Lipinski definition) is 4. The van der Waals surface area contributed by atoms with Crippen molar-refractivity contribution < 1.29 is 9.53 Å². The molecule has 1 aromatic heterocycles. The van der Waals surface area contributed by atoms with Crippen molar-refractivity contribution in [1.29, 1.82) is 0 Å². The van der Waals surface area contributed by atoms with Gasteiger partial charge in [0.05, 0.1) is 11.6 Å². The molecule has 0 aromatic carbocycles. The summed E-state index contributed by atoms with van der Waals surface area (Å²) in [5.41, 5.74) is 0.500. The Morgan fingerprint density at radius 2 is 2.50 bits per heavy atom. The Morgan fingerprint density at radius 1 is 1.75 bits per heavy atom. The molecule has 0 spiro atoms. The molecular weight excluding hydrogens is 292 g/mol. The van der Waals surface area contributed by atoms with Crippen LogP contribution in [0.1, 0.15) is 21.9 Å². The number of hydrogen-bond donors (Lipinski definition) is 1. The first-order valence-corrected chi connectivity index (χ1v) is 6.76. The lowest BCUT2D eigenvalue weighted by Gasteiger charge is -2.08. The van der Waals surface area contributed by atoms with Crippen molar-refractivity contribution in [3.05, 3.63) is 16.1 Å². The zero-order valence-electron chi connectivity index (χ0n) is 9.33. The molecule has 0 bridgehead atoms. The number of carbonyl (C=O) groups excluding carboxylic acids is 1. The van der Waals surface area contributed by atoms with Crippen LogP contribution in [0.5, 0.6) is 0 Å². The van der Waals surface area contributed by atoms with Gasteiger partial charge in [0.15, 0.2) is 0 Å². The van der Waals surface area contributed by atoms with E-state index in [2.05, 4.69) is 26.2 Å². The van der Waals surface area contributed by atoms with E-state index in [0.29, 0.717) is 18.8 Å². The van der Waals surface area contributed by atoms with Gasteiger partial charge in [0.1, 0.15) is 5.69 Å². The van der Waals surface area contributed by atoms with Gasteiger partial charge in [-0.2, -0.15) is 0 Å². The first kappa shape index (κ1) is 13.6. The second-order valence-corrected chi connectivity index (χ2v) is 5.71. The molecule has 0 fully saturated rings. The van der Waals surface area contributed by atoms with Crippen LogP contribution in [-0.4, -0.2) is 36.0 Å². The predicted octanol–water partition coefficient (Wildman–Crippen LogP) is 1.98. The van der Waals surface area contributed by atoms with Crippen LogP contribution in [0.4, 0.5) is 0 Å². The van der Waals surface area contributed by atoms with E-state index in [1.807, 2.05) is 6.92 Å². The van der Waals surface area contributed by atoms with Gasteiger partial charge in [-0.1, -0.05) is 15.9 Å². The van der Waals surface area contributed by atoms with Gasteiger partial charge in [-0.05, 0) is 13.3 Å². The van der Waals surface area contributed by atoms with Gasteiger partial charge in [-0.25, -0.2) is 4.98 Å². The van der Waals surface area contributed by atoms with Gasteiger partial charge in [-0.15, -0.1) is 11.3 Å². The van der Waals surface area contributed by atoms with Crippen LogP contribution in [0.15, 0.2) is 5.38 Å². The molecule has 0 saturated heterocycles. The number of methoxy groups -OCH3 is 1. The van der Waals surface area contributed by atoms with Gasteiger partial charge >= 0.3 is 0 Å². The average molecular weight is 307 g/mol. The van der Waals surface area contributed by atoms with Crippen LogP contribution in [0.3, 0.4) is 0 Å². The molecular formula is C10H15BrN2O2S. The van der Waals surface area contributed by atoms with Crippen LogP contribution in [-0.2, 0) is 4.74 Å². The number of amides is 1. The average Bonchev–Trinajstić information content (AvgIpc) is 2.65. The van der Waals surface area contributed by atoms with Gasteiger partial charge in [0.2, 0.25) is 0 Å². The maximum Gasteiger partial charge on any atom is 0.270 e. The number of nitrogens with one attached hydrogen (secondary N) is 1. The Morgan fingerprint density at radius 3 is 3.06 bits per heavy atom. The number of nitrogens with zero attached hydrogens (tertiary/aromatic N) is 1. The fourth-order valence-corrected chi connectivity index (χ4v) is 2.25. The Bertz CT molecular complexity index is 343. The first-order valence-electron chi connectivity index (χ1n) is 4.97. The van der Waals surface area contributed by atoms with Gasteiger partial charge in [-0.3, -0.25) is 4.79 Å². The maximum absolute atomic E-state index is 11.6. The molecule has 0 aliphatic heterocycles. The number of aromatic nitrogens is 1. The van der Waals surface area contributed by atoms with E-state index in [1.54, 1.807) is 12.5 Å². The van der Waals surface area contributed by atoms with Gasteiger partial charge in [0, 0.05) is 23.9 Å². The van der Waals surface area contributed by atoms with Crippen LogP contribution in [0.2, 0.25) is 0 Å². The molecule has 16 heavy (non-hydrogen) atoms. The number of alkyl halides is 1. The molecule has 1 aromatic rings. The molecule has 1 rings (SSSR count). The third-order valence-electron chi connectivity index (χ3n) is 1.94. The number of aryl methyl sites for hydroxylation is 1. The van der Waals surface area contributed by atoms with Crippen molar-refractivity contribution in [2.75, 3.05) is 20.3 Å². The Balaban J connectivity index is 2.25. The normalized spacial score (nSPS) is 12.4. The summed E-state index contributed by atoms with van der Waals surface area (Å²) < 4.78 is 4.98. The van der Waals surface area contributed by atoms with E-state index in [9.17, 15) is 4.79 Å². The second-order valence-electron chi connectivity index (χ2n) is 3.35.